The van der Waals surface area contributed by atoms with Crippen LogP contribution in [0.3, 0.4) is 0 Å². The van der Waals surface area contributed by atoms with Gasteiger partial charge in [0.15, 0.2) is 0 Å². The lowest BCUT2D eigenvalue weighted by molar-refractivity contribution is -0.191. The van der Waals surface area contributed by atoms with E-state index in [2.05, 4.69) is 39.4 Å². The molecule has 2 rings (SSSR count). The van der Waals surface area contributed by atoms with Crippen molar-refractivity contribution in [3.8, 4) is 0 Å². The Balaban J connectivity index is 2.32. The van der Waals surface area contributed by atoms with Gasteiger partial charge in [-0.2, -0.15) is 0 Å². The fourth-order valence-electron chi connectivity index (χ4n) is 4.55. The van der Waals surface area contributed by atoms with Crippen molar-refractivity contribution in [2.45, 2.75) is 76.5 Å². The highest BCUT2D eigenvalue weighted by atomic mass is 32.2. The SMILES string of the molecule is COC1C(OC(C)=O)CCC(O)(C[S+](C)C)C1C1(C)OC1CC=C(C)C. The third kappa shape index (κ3) is 4.64. The van der Waals surface area contributed by atoms with Gasteiger partial charge in [-0.1, -0.05) is 11.6 Å². The molecule has 26 heavy (non-hydrogen) atoms. The Morgan fingerprint density at radius 3 is 2.50 bits per heavy atom. The van der Waals surface area contributed by atoms with Gasteiger partial charge >= 0.3 is 5.97 Å². The van der Waals surface area contributed by atoms with Crippen LogP contribution in [0.25, 0.3) is 0 Å². The summed E-state index contributed by atoms with van der Waals surface area (Å²) in [7, 11) is 1.71. The number of epoxide rings is 1. The topological polar surface area (TPSA) is 68.3 Å². The molecule has 6 heteroatoms. The molecule has 1 saturated heterocycles. The summed E-state index contributed by atoms with van der Waals surface area (Å²) < 4.78 is 17.5. The summed E-state index contributed by atoms with van der Waals surface area (Å²) >= 11 is 0. The van der Waals surface area contributed by atoms with Crippen LogP contribution < -0.4 is 0 Å². The molecular formula is C20H35O5S+. The van der Waals surface area contributed by atoms with Crippen molar-refractivity contribution in [3.63, 3.8) is 0 Å². The molecule has 0 bridgehead atoms. The van der Waals surface area contributed by atoms with Gasteiger partial charge in [-0.3, -0.25) is 4.79 Å². The Hall–Kier alpha value is -0.560. The number of esters is 1. The van der Waals surface area contributed by atoms with Crippen LogP contribution in [-0.4, -0.2) is 66.0 Å². The van der Waals surface area contributed by atoms with Crippen LogP contribution in [0.2, 0.25) is 0 Å². The summed E-state index contributed by atoms with van der Waals surface area (Å²) in [4.78, 5) is 11.5. The van der Waals surface area contributed by atoms with Crippen molar-refractivity contribution in [3.05, 3.63) is 11.6 Å². The predicted octanol–water partition coefficient (Wildman–Crippen LogP) is 2.47. The van der Waals surface area contributed by atoms with Gasteiger partial charge in [0.25, 0.3) is 0 Å². The van der Waals surface area contributed by atoms with Crippen LogP contribution in [0.1, 0.15) is 47.0 Å². The zero-order valence-electron chi connectivity index (χ0n) is 17.2. The van der Waals surface area contributed by atoms with E-state index in [-0.39, 0.29) is 41.1 Å². The number of carbonyl (C=O) groups is 1. The first-order valence-corrected chi connectivity index (χ1v) is 11.5. The largest absolute Gasteiger partial charge is 0.460 e. The molecule has 1 aliphatic heterocycles. The highest BCUT2D eigenvalue weighted by Crippen LogP contribution is 2.54. The van der Waals surface area contributed by atoms with Crippen LogP contribution in [0, 0.1) is 5.92 Å². The maximum Gasteiger partial charge on any atom is 0.302 e. The molecule has 1 heterocycles. The lowest BCUT2D eigenvalue weighted by atomic mass is 9.66. The van der Waals surface area contributed by atoms with Crippen molar-refractivity contribution in [1.29, 1.82) is 0 Å². The van der Waals surface area contributed by atoms with Gasteiger partial charge in [-0.15, -0.1) is 0 Å². The van der Waals surface area contributed by atoms with Crippen LogP contribution >= 0.6 is 0 Å². The maximum atomic E-state index is 11.6. The van der Waals surface area contributed by atoms with Crippen LogP contribution in [0.5, 0.6) is 0 Å². The van der Waals surface area contributed by atoms with E-state index >= 15 is 0 Å². The molecule has 1 saturated carbocycles. The van der Waals surface area contributed by atoms with Crippen molar-refractivity contribution in [1.82, 2.24) is 0 Å². The van der Waals surface area contributed by atoms with E-state index in [1.54, 1.807) is 7.11 Å². The van der Waals surface area contributed by atoms with Gasteiger partial charge < -0.3 is 19.3 Å². The highest BCUT2D eigenvalue weighted by molar-refractivity contribution is 7.95. The molecule has 1 aliphatic carbocycles. The molecule has 0 aromatic heterocycles. The minimum Gasteiger partial charge on any atom is -0.460 e. The number of methoxy groups -OCH3 is 1. The summed E-state index contributed by atoms with van der Waals surface area (Å²) in [6.45, 7) is 7.64. The molecule has 6 atom stereocenters. The second-order valence-corrected chi connectivity index (χ2v) is 10.7. The molecule has 6 unspecified atom stereocenters. The Morgan fingerprint density at radius 1 is 1.35 bits per heavy atom. The highest BCUT2D eigenvalue weighted by Gasteiger charge is 2.68. The second kappa shape index (κ2) is 8.21. The van der Waals surface area contributed by atoms with Gasteiger partial charge in [0.1, 0.15) is 29.2 Å². The number of rotatable bonds is 7. The smallest absolute Gasteiger partial charge is 0.302 e. The predicted molar refractivity (Wildman–Crippen MR) is 105 cm³/mol. The van der Waals surface area contributed by atoms with E-state index in [0.717, 1.165) is 6.42 Å². The van der Waals surface area contributed by atoms with Gasteiger partial charge in [0.2, 0.25) is 0 Å². The zero-order valence-corrected chi connectivity index (χ0v) is 18.0. The molecule has 0 aromatic carbocycles. The third-order valence-corrected chi connectivity index (χ3v) is 6.68. The summed E-state index contributed by atoms with van der Waals surface area (Å²) in [6.07, 6.45) is 7.82. The fourth-order valence-corrected chi connectivity index (χ4v) is 5.88. The van der Waals surface area contributed by atoms with E-state index in [9.17, 15) is 9.90 Å². The van der Waals surface area contributed by atoms with Crippen LogP contribution in [0.4, 0.5) is 0 Å². The quantitative estimate of drug-likeness (QED) is 0.315. The number of hydrogen-bond acceptors (Lipinski definition) is 5. The average molecular weight is 388 g/mol. The van der Waals surface area contributed by atoms with Crippen molar-refractivity contribution in [2.75, 3.05) is 25.4 Å². The summed E-state index contributed by atoms with van der Waals surface area (Å²) in [5.41, 5.74) is -0.0932. The summed E-state index contributed by atoms with van der Waals surface area (Å²) in [5.74, 6) is 0.164. The normalized spacial score (nSPS) is 39.6. The van der Waals surface area contributed by atoms with Crippen molar-refractivity contribution < 1.29 is 24.1 Å². The van der Waals surface area contributed by atoms with Gasteiger partial charge in [-0.25, -0.2) is 0 Å². The average Bonchev–Trinajstić information content (AvgIpc) is 3.16. The van der Waals surface area contributed by atoms with E-state index in [1.807, 2.05) is 0 Å². The first-order chi connectivity index (χ1) is 12.0. The monoisotopic (exact) mass is 387 g/mol. The maximum absolute atomic E-state index is 11.6. The van der Waals surface area contributed by atoms with E-state index in [1.165, 1.54) is 12.5 Å². The van der Waals surface area contributed by atoms with Crippen LogP contribution in [0.15, 0.2) is 11.6 Å². The molecule has 2 aliphatic rings. The molecule has 150 valence electrons. The molecule has 5 nitrogen and oxygen atoms in total. The van der Waals surface area contributed by atoms with E-state index in [0.29, 0.717) is 18.6 Å². The number of hydrogen-bond donors (Lipinski definition) is 1. The molecule has 0 spiro atoms. The molecule has 1 N–H and O–H groups in total. The Labute approximate surface area is 160 Å². The molecule has 0 amide bonds. The van der Waals surface area contributed by atoms with Gasteiger partial charge in [0.05, 0.1) is 24.5 Å². The lowest BCUT2D eigenvalue weighted by Crippen LogP contribution is -2.62. The first-order valence-electron chi connectivity index (χ1n) is 9.31. The molecular weight excluding hydrogens is 352 g/mol. The lowest BCUT2D eigenvalue weighted by Gasteiger charge is -2.47. The standard InChI is InChI=1S/C20H35O5S/c1-13(2)8-9-16-19(4,25-16)18-17(23-5)15(24-14(3)21)10-11-20(18,22)12-26(6)7/h8,15-18,22H,9-12H2,1-7H3/q+1. The summed E-state index contributed by atoms with van der Waals surface area (Å²) in [6, 6.07) is 0. The Morgan fingerprint density at radius 2 is 2.00 bits per heavy atom. The second-order valence-electron chi connectivity index (χ2n) is 8.41. The van der Waals surface area contributed by atoms with Gasteiger partial charge in [-0.05, 0) is 50.9 Å². The minimum absolute atomic E-state index is 0.0538. The van der Waals surface area contributed by atoms with Crippen molar-refractivity contribution in [2.24, 2.45) is 5.92 Å². The summed E-state index contributed by atoms with van der Waals surface area (Å²) in [5, 5.41) is 11.6. The molecule has 2 fully saturated rings. The number of carbonyl (C=O) groups excluding carboxylic acids is 1. The first kappa shape index (κ1) is 21.7. The minimum atomic E-state index is -0.877. The number of aliphatic hydroxyl groups is 1. The number of ether oxygens (including phenoxy) is 3. The van der Waals surface area contributed by atoms with Crippen molar-refractivity contribution >= 4 is 16.9 Å². The fraction of sp³-hybridized carbons (Fsp3) is 0.850. The Kier molecular flexibility index (Phi) is 6.86. The van der Waals surface area contributed by atoms with Crippen LogP contribution in [-0.2, 0) is 29.9 Å². The Bertz CT molecular complexity index is 544. The number of allylic oxidation sites excluding steroid dienone is 1. The van der Waals surface area contributed by atoms with Gasteiger partial charge in [0, 0.05) is 14.0 Å². The molecule has 0 radical (unpaired) electrons. The molecule has 0 aromatic rings. The van der Waals surface area contributed by atoms with E-state index in [4.69, 9.17) is 14.2 Å². The zero-order chi connectivity index (χ0) is 19.7. The van der Waals surface area contributed by atoms with E-state index < -0.39 is 11.2 Å². The third-order valence-electron chi connectivity index (χ3n) is 5.60.